The Kier molecular flexibility index (Phi) is 4.06. The summed E-state index contributed by atoms with van der Waals surface area (Å²) in [6, 6.07) is 0. The largest absolute Gasteiger partial charge is 1.00 e. The van der Waals surface area contributed by atoms with Crippen LogP contribution in [0.1, 0.15) is 7.85 Å². The minimum absolute atomic E-state index is 0. The van der Waals surface area contributed by atoms with Crippen molar-refractivity contribution in [2.24, 2.45) is 0 Å². The van der Waals surface area contributed by atoms with Crippen LogP contribution in [0.4, 0.5) is 0 Å². The third kappa shape index (κ3) is 1.85. The van der Waals surface area contributed by atoms with Crippen molar-refractivity contribution in [1.82, 2.24) is 0 Å². The Balaban J connectivity index is 0. The summed E-state index contributed by atoms with van der Waals surface area (Å²) in [4.78, 5) is 0. The van der Waals surface area contributed by atoms with Crippen LogP contribution in [0.2, 0.25) is 0 Å². The van der Waals surface area contributed by atoms with Crippen LogP contribution in [0.5, 0.6) is 0 Å². The maximum Gasteiger partial charge on any atom is 1.00 e. The molecule has 0 saturated carbocycles. The second kappa shape index (κ2) is 3.72. The van der Waals surface area contributed by atoms with Gasteiger partial charge < -0.3 is 6.16 Å². The third-order valence-corrected chi connectivity index (χ3v) is 0.595. The van der Waals surface area contributed by atoms with Crippen LogP contribution in [0.3, 0.4) is 0 Å². The zero-order chi connectivity index (χ0) is 3.54. The van der Waals surface area contributed by atoms with Crippen molar-refractivity contribution in [2.75, 3.05) is 6.61 Å². The molecule has 1 aliphatic rings. The van der Waals surface area contributed by atoms with Crippen molar-refractivity contribution < 1.29 is 35.7 Å². The van der Waals surface area contributed by atoms with Crippen molar-refractivity contribution in [2.45, 2.75) is 6.42 Å². The quantitative estimate of drug-likeness (QED) is 0.317. The van der Waals surface area contributed by atoms with E-state index in [9.17, 15) is 0 Å². The van der Waals surface area contributed by atoms with E-state index in [1.165, 1.54) is 0 Å². The Morgan fingerprint density at radius 1 is 1.67 bits per heavy atom. The summed E-state index contributed by atoms with van der Waals surface area (Å²) >= 11 is 0. The molecule has 1 rings (SSSR count). The molecule has 0 aromatic heterocycles. The molecule has 0 atom stereocenters. The van der Waals surface area contributed by atoms with E-state index in [0.29, 0.717) is 0 Å². The van der Waals surface area contributed by atoms with Gasteiger partial charge in [-0.15, -0.1) is 0 Å². The zero-order valence-electron chi connectivity index (χ0n) is 4.98. The van der Waals surface area contributed by atoms with E-state index in [4.69, 9.17) is 4.74 Å². The molecule has 1 aliphatic heterocycles. The third-order valence-electron chi connectivity index (χ3n) is 0.595. The molecule has 0 amide bonds. The first-order valence-electron chi connectivity index (χ1n) is 1.77. The maximum absolute atomic E-state index is 4.76. The van der Waals surface area contributed by atoms with E-state index >= 15 is 0 Å². The second-order valence-corrected chi connectivity index (χ2v) is 1.03. The number of rotatable bonds is 0. The molecule has 0 unspecified atom stereocenters. The smallest absolute Gasteiger partial charge is 1.00 e. The zero-order valence-corrected chi connectivity index (χ0v) is 5.98. The minimum atomic E-state index is 0. The Bertz CT molecular complexity index is 49.7. The van der Waals surface area contributed by atoms with Crippen LogP contribution >= 0.6 is 0 Å². The van der Waals surface area contributed by atoms with E-state index in [2.05, 4.69) is 0 Å². The van der Waals surface area contributed by atoms with Gasteiger partial charge in [-0.05, 0) is 6.08 Å². The molecule has 0 fully saturated rings. The second-order valence-electron chi connectivity index (χ2n) is 1.03. The van der Waals surface area contributed by atoms with Crippen LogP contribution in [0, 0.1) is 0 Å². The molecule has 0 spiro atoms. The molecule has 0 aromatic carbocycles. The fourth-order valence-electron chi connectivity index (χ4n) is 0.340. The molecule has 6 heavy (non-hydrogen) atoms. The first kappa shape index (κ1) is 6.54. The van der Waals surface area contributed by atoms with Crippen LogP contribution < -0.4 is 29.6 Å². The average Bonchev–Trinajstić information content (AvgIpc) is 1.76. The Labute approximate surface area is 61.2 Å². The van der Waals surface area contributed by atoms with Gasteiger partial charge in [0, 0.05) is 6.42 Å². The molecule has 1 heterocycles. The number of ether oxygens (including phenoxy) is 1. The van der Waals surface area contributed by atoms with Gasteiger partial charge in [-0.2, -0.15) is 0 Å². The van der Waals surface area contributed by atoms with Crippen molar-refractivity contribution in [3.05, 3.63) is 12.3 Å². The summed E-state index contributed by atoms with van der Waals surface area (Å²) in [5.74, 6) is 0. The molecule has 1 nitrogen and oxygen atoms in total. The Hall–Kier alpha value is 0.540. The predicted octanol–water partition coefficient (Wildman–Crippen LogP) is -1.96. The maximum atomic E-state index is 4.76. The van der Waals surface area contributed by atoms with E-state index in [1.54, 1.807) is 6.26 Å². The standard InChI is InChI=1S/C4H6O.Na.H/c1-2-4-5-3-1;;/h1,3H,2,4H2;;/q;+1;-1. The summed E-state index contributed by atoms with van der Waals surface area (Å²) in [5, 5.41) is 0. The van der Waals surface area contributed by atoms with E-state index in [0.717, 1.165) is 13.0 Å². The van der Waals surface area contributed by atoms with Gasteiger partial charge in [0.05, 0.1) is 12.9 Å². The van der Waals surface area contributed by atoms with Gasteiger partial charge in [0.1, 0.15) is 0 Å². The number of hydrogen-bond donors (Lipinski definition) is 0. The fraction of sp³-hybridized carbons (Fsp3) is 0.500. The van der Waals surface area contributed by atoms with E-state index in [1.807, 2.05) is 6.08 Å². The van der Waals surface area contributed by atoms with Gasteiger partial charge in [-0.3, -0.25) is 0 Å². The summed E-state index contributed by atoms with van der Waals surface area (Å²) in [5.41, 5.74) is 0. The van der Waals surface area contributed by atoms with E-state index in [-0.39, 0.29) is 31.0 Å². The summed E-state index contributed by atoms with van der Waals surface area (Å²) < 4.78 is 4.76. The van der Waals surface area contributed by atoms with Crippen LogP contribution in [-0.4, -0.2) is 6.61 Å². The van der Waals surface area contributed by atoms with Crippen molar-refractivity contribution in [3.63, 3.8) is 0 Å². The normalized spacial score (nSPS) is 16.0. The number of hydrogen-bond acceptors (Lipinski definition) is 1. The van der Waals surface area contributed by atoms with Gasteiger partial charge in [0.25, 0.3) is 0 Å². The van der Waals surface area contributed by atoms with Crippen LogP contribution in [0.15, 0.2) is 12.3 Å². The molecule has 0 radical (unpaired) electrons. The molecule has 0 bridgehead atoms. The van der Waals surface area contributed by atoms with Gasteiger partial charge in [-0.25, -0.2) is 0 Å². The Morgan fingerprint density at radius 2 is 2.50 bits per heavy atom. The molecule has 0 aliphatic carbocycles. The minimum Gasteiger partial charge on any atom is -1.00 e. The SMILES string of the molecule is C1=COCC1.[H-].[Na+]. The van der Waals surface area contributed by atoms with Crippen LogP contribution in [0.25, 0.3) is 0 Å². The van der Waals surface area contributed by atoms with Gasteiger partial charge in [0.15, 0.2) is 0 Å². The molecule has 0 N–H and O–H groups in total. The molecule has 2 heteroatoms. The molecular weight excluding hydrogens is 87.0 g/mol. The first-order valence-corrected chi connectivity index (χ1v) is 1.77. The monoisotopic (exact) mass is 94.0 g/mol. The molecule has 0 aromatic rings. The molecular formula is C4H7NaO. The molecule has 30 valence electrons. The van der Waals surface area contributed by atoms with Crippen molar-refractivity contribution in [3.8, 4) is 0 Å². The topological polar surface area (TPSA) is 9.23 Å². The summed E-state index contributed by atoms with van der Waals surface area (Å²) in [6.45, 7) is 0.889. The van der Waals surface area contributed by atoms with E-state index < -0.39 is 0 Å². The first-order chi connectivity index (χ1) is 2.50. The van der Waals surface area contributed by atoms with Gasteiger partial charge >= 0.3 is 29.6 Å². The Morgan fingerprint density at radius 3 is 2.67 bits per heavy atom. The van der Waals surface area contributed by atoms with Crippen molar-refractivity contribution in [1.29, 1.82) is 0 Å². The summed E-state index contributed by atoms with van der Waals surface area (Å²) in [6.07, 6.45) is 4.85. The van der Waals surface area contributed by atoms with Crippen molar-refractivity contribution >= 4 is 0 Å². The average molecular weight is 94.1 g/mol. The van der Waals surface area contributed by atoms with Gasteiger partial charge in [-0.1, -0.05) is 0 Å². The molecule has 0 saturated heterocycles. The summed E-state index contributed by atoms with van der Waals surface area (Å²) in [7, 11) is 0. The predicted molar refractivity (Wildman–Crippen MR) is 20.8 cm³/mol. The van der Waals surface area contributed by atoms with Gasteiger partial charge in [0.2, 0.25) is 0 Å². The fourth-order valence-corrected chi connectivity index (χ4v) is 0.340. The van der Waals surface area contributed by atoms with Crippen LogP contribution in [-0.2, 0) is 4.74 Å².